The summed E-state index contributed by atoms with van der Waals surface area (Å²) in [4.78, 5) is 20.3. The molecule has 0 rings (SSSR count). The van der Waals surface area contributed by atoms with Gasteiger partial charge in [0.05, 0.1) is 27.7 Å². The molecule has 0 aliphatic carbocycles. The highest BCUT2D eigenvalue weighted by Crippen LogP contribution is 2.43. The Morgan fingerprint density at radius 2 is 1.90 bits per heavy atom. The zero-order valence-electron chi connectivity index (χ0n) is 12.5. The highest BCUT2D eigenvalue weighted by molar-refractivity contribution is 7.47. The first kappa shape index (κ1) is 19.3. The third kappa shape index (κ3) is 12.3. The summed E-state index contributed by atoms with van der Waals surface area (Å²) in [6, 6.07) is 0. The fourth-order valence-electron chi connectivity index (χ4n) is 1.16. The number of nitrogens with one attached hydrogen (secondary N) is 1. The average Bonchev–Trinajstić information content (AvgIpc) is 2.31. The Hall–Kier alpha value is -0.720. The predicted molar refractivity (Wildman–Crippen MR) is 77.1 cm³/mol. The van der Waals surface area contributed by atoms with Gasteiger partial charge < -0.3 is 14.7 Å². The number of likely N-dealkylation sites (N-methyl/N-ethyl adjacent to an activating group) is 1. The van der Waals surface area contributed by atoms with E-state index in [1.54, 1.807) is 0 Å². The number of phosphoric acid groups is 1. The van der Waals surface area contributed by atoms with E-state index in [4.69, 9.17) is 9.05 Å². The lowest BCUT2D eigenvalue weighted by Crippen LogP contribution is -2.37. The van der Waals surface area contributed by atoms with E-state index in [0.717, 1.165) is 0 Å². The first-order chi connectivity index (χ1) is 9.16. The molecule has 0 aromatic carbocycles. The van der Waals surface area contributed by atoms with Gasteiger partial charge in [-0.25, -0.2) is 4.57 Å². The molecule has 0 bridgehead atoms. The van der Waals surface area contributed by atoms with Crippen molar-refractivity contribution in [2.45, 2.75) is 12.8 Å². The van der Waals surface area contributed by atoms with Crippen LogP contribution in [0, 0.1) is 0 Å². The smallest absolute Gasteiger partial charge is 0.353 e. The van der Waals surface area contributed by atoms with Crippen molar-refractivity contribution in [1.82, 2.24) is 5.32 Å². The summed E-state index contributed by atoms with van der Waals surface area (Å²) in [6.07, 6.45) is 2.40. The first-order valence-electron chi connectivity index (χ1n) is 6.49. The molecule has 0 saturated heterocycles. The summed E-state index contributed by atoms with van der Waals surface area (Å²) in [7, 11) is 1.92. The summed E-state index contributed by atoms with van der Waals surface area (Å²) in [5, 5.41) is 2.60. The van der Waals surface area contributed by atoms with Gasteiger partial charge in [-0.2, -0.15) is 0 Å². The maximum Gasteiger partial charge on any atom is 0.472 e. The summed E-state index contributed by atoms with van der Waals surface area (Å²) in [5.74, 6) is -0.234. The van der Waals surface area contributed by atoms with Gasteiger partial charge in [-0.15, -0.1) is 0 Å². The quantitative estimate of drug-likeness (QED) is 0.256. The lowest BCUT2D eigenvalue weighted by Gasteiger charge is -2.24. The Morgan fingerprint density at radius 1 is 1.30 bits per heavy atom. The van der Waals surface area contributed by atoms with E-state index in [2.05, 4.69) is 11.9 Å². The summed E-state index contributed by atoms with van der Waals surface area (Å²) >= 11 is 0. The molecule has 0 heterocycles. The Labute approximate surface area is 120 Å². The van der Waals surface area contributed by atoms with Crippen molar-refractivity contribution in [3.63, 3.8) is 0 Å². The molecule has 0 saturated carbocycles. The van der Waals surface area contributed by atoms with E-state index in [1.165, 1.54) is 6.08 Å². The fourth-order valence-corrected chi connectivity index (χ4v) is 1.90. The second kappa shape index (κ2) is 9.26. The minimum absolute atomic E-state index is 0.113. The van der Waals surface area contributed by atoms with E-state index >= 15 is 0 Å². The number of nitrogens with zero attached hydrogens (tertiary/aromatic N) is 1. The number of hydrogen-bond acceptors (Lipinski definition) is 4. The third-order valence-corrected chi connectivity index (χ3v) is 3.34. The van der Waals surface area contributed by atoms with Crippen LogP contribution in [-0.2, 0) is 18.4 Å². The molecular formula is C12H26N2O5P+. The number of phosphoric ester groups is 1. The van der Waals surface area contributed by atoms with Gasteiger partial charge >= 0.3 is 7.82 Å². The second-order valence-corrected chi connectivity index (χ2v) is 6.80. The molecule has 0 aromatic heterocycles. The highest BCUT2D eigenvalue weighted by atomic mass is 31.2. The lowest BCUT2D eigenvalue weighted by atomic mass is 10.3. The maximum atomic E-state index is 11.5. The van der Waals surface area contributed by atoms with Crippen molar-refractivity contribution in [2.24, 2.45) is 0 Å². The minimum atomic E-state index is -3.97. The zero-order valence-corrected chi connectivity index (χ0v) is 13.4. The van der Waals surface area contributed by atoms with Crippen molar-refractivity contribution in [1.29, 1.82) is 0 Å². The van der Waals surface area contributed by atoms with Crippen molar-refractivity contribution < 1.29 is 27.8 Å². The first-order valence-corrected chi connectivity index (χ1v) is 7.98. The van der Waals surface area contributed by atoms with Crippen molar-refractivity contribution >= 4 is 13.7 Å². The molecule has 0 fully saturated rings. The number of unbranched alkanes of at least 4 members (excludes halogenated alkanes) is 1. The predicted octanol–water partition coefficient (Wildman–Crippen LogP) is 0.909. The Bertz CT molecular complexity index is 354. The maximum absolute atomic E-state index is 11.5. The number of hydrogen-bond donors (Lipinski definition) is 2. The topological polar surface area (TPSA) is 84.9 Å². The molecule has 2 N–H and O–H groups in total. The molecule has 0 spiro atoms. The average molecular weight is 309 g/mol. The number of rotatable bonds is 11. The molecule has 1 amide bonds. The molecule has 1 unspecified atom stereocenters. The standard InChI is InChI=1S/C12H25N2O5P/c1-5-12(15)13-8-6-7-10-18-20(16,17)19-11-9-14(2,3)4/h5H,1,6-11H2,2-4H3,(H-,13,15,16,17)/p+1. The lowest BCUT2D eigenvalue weighted by molar-refractivity contribution is -0.870. The van der Waals surface area contributed by atoms with Gasteiger partial charge in [0.15, 0.2) is 0 Å². The number of carbonyl (C=O) groups excluding carboxylic acids is 1. The van der Waals surface area contributed by atoms with E-state index in [0.29, 0.717) is 30.4 Å². The van der Waals surface area contributed by atoms with Gasteiger partial charge in [0, 0.05) is 6.54 Å². The third-order valence-electron chi connectivity index (χ3n) is 2.33. The Morgan fingerprint density at radius 3 is 2.45 bits per heavy atom. The molecule has 20 heavy (non-hydrogen) atoms. The van der Waals surface area contributed by atoms with Crippen LogP contribution in [0.1, 0.15) is 12.8 Å². The fraction of sp³-hybridized carbons (Fsp3) is 0.750. The van der Waals surface area contributed by atoms with E-state index < -0.39 is 7.82 Å². The monoisotopic (exact) mass is 309 g/mol. The van der Waals surface area contributed by atoms with Crippen LogP contribution in [0.25, 0.3) is 0 Å². The van der Waals surface area contributed by atoms with Crippen molar-refractivity contribution in [3.8, 4) is 0 Å². The van der Waals surface area contributed by atoms with Gasteiger partial charge in [-0.05, 0) is 18.9 Å². The van der Waals surface area contributed by atoms with Gasteiger partial charge in [0.2, 0.25) is 5.91 Å². The minimum Gasteiger partial charge on any atom is -0.353 e. The van der Waals surface area contributed by atoms with Crippen LogP contribution in [0.4, 0.5) is 0 Å². The molecule has 1 atom stereocenters. The van der Waals surface area contributed by atoms with Crippen molar-refractivity contribution in [2.75, 3.05) is 47.4 Å². The number of carbonyl (C=O) groups is 1. The molecule has 0 radical (unpaired) electrons. The van der Waals surface area contributed by atoms with Crippen LogP contribution in [0.2, 0.25) is 0 Å². The normalized spacial score (nSPS) is 14.6. The summed E-state index contributed by atoms with van der Waals surface area (Å²) in [6.45, 7) is 4.69. The number of amides is 1. The van der Waals surface area contributed by atoms with E-state index in [1.807, 2.05) is 21.1 Å². The molecule has 0 aliphatic rings. The molecule has 118 valence electrons. The molecule has 8 heteroatoms. The largest absolute Gasteiger partial charge is 0.472 e. The SMILES string of the molecule is C=CC(=O)NCCCCOP(=O)(O)OCC[N+](C)(C)C. The zero-order chi connectivity index (χ0) is 15.6. The van der Waals surface area contributed by atoms with E-state index in [-0.39, 0.29) is 19.1 Å². The van der Waals surface area contributed by atoms with E-state index in [9.17, 15) is 14.3 Å². The Kier molecular flexibility index (Phi) is 8.93. The highest BCUT2D eigenvalue weighted by Gasteiger charge is 2.21. The van der Waals surface area contributed by atoms with Crippen LogP contribution in [0.5, 0.6) is 0 Å². The molecule has 0 aliphatic heterocycles. The van der Waals surface area contributed by atoms with Crippen LogP contribution in [0.15, 0.2) is 12.7 Å². The van der Waals surface area contributed by atoms with Crippen LogP contribution in [0.3, 0.4) is 0 Å². The van der Waals surface area contributed by atoms with Gasteiger partial charge in [-0.1, -0.05) is 6.58 Å². The molecule has 7 nitrogen and oxygen atoms in total. The van der Waals surface area contributed by atoms with Gasteiger partial charge in [0.25, 0.3) is 0 Å². The summed E-state index contributed by atoms with van der Waals surface area (Å²) in [5.41, 5.74) is 0. The second-order valence-electron chi connectivity index (χ2n) is 5.35. The van der Waals surface area contributed by atoms with Crippen LogP contribution in [-0.4, -0.2) is 62.7 Å². The van der Waals surface area contributed by atoms with Crippen LogP contribution < -0.4 is 5.32 Å². The van der Waals surface area contributed by atoms with Gasteiger partial charge in [0.1, 0.15) is 13.2 Å². The van der Waals surface area contributed by atoms with Crippen molar-refractivity contribution in [3.05, 3.63) is 12.7 Å². The van der Waals surface area contributed by atoms with Gasteiger partial charge in [-0.3, -0.25) is 13.8 Å². The molecule has 0 aromatic rings. The summed E-state index contributed by atoms with van der Waals surface area (Å²) < 4.78 is 21.8. The number of quaternary nitrogens is 1. The molecular weight excluding hydrogens is 283 g/mol. The Balaban J connectivity index is 3.64. The van der Waals surface area contributed by atoms with Crippen LogP contribution >= 0.6 is 7.82 Å².